The quantitative estimate of drug-likeness (QED) is 0.754. The van der Waals surface area contributed by atoms with Crippen molar-refractivity contribution in [1.29, 1.82) is 0 Å². The van der Waals surface area contributed by atoms with Gasteiger partial charge in [-0.2, -0.15) is 0 Å². The molecule has 0 aliphatic rings. The number of hydrogen-bond acceptors (Lipinski definition) is 3. The summed E-state index contributed by atoms with van der Waals surface area (Å²) < 4.78 is 15.4. The highest BCUT2D eigenvalue weighted by molar-refractivity contribution is 5.79. The lowest BCUT2D eigenvalue weighted by Crippen LogP contribution is -2.40. The van der Waals surface area contributed by atoms with E-state index in [1.165, 1.54) is 10.6 Å². The monoisotopic (exact) mass is 367 g/mol. The van der Waals surface area contributed by atoms with Gasteiger partial charge >= 0.3 is 0 Å². The first-order chi connectivity index (χ1) is 12.8. The van der Waals surface area contributed by atoms with E-state index in [2.05, 4.69) is 10.3 Å². The largest absolute Gasteiger partial charge is 0.354 e. The third-order valence-corrected chi connectivity index (χ3v) is 4.68. The molecule has 5 nitrogen and oxygen atoms in total. The van der Waals surface area contributed by atoms with Crippen molar-refractivity contribution in [3.63, 3.8) is 0 Å². The lowest BCUT2D eigenvalue weighted by Gasteiger charge is -2.26. The SMILES string of the molecule is Cc1nc2ccccc2c(=O)n1CC(=O)NCC(C)(C)c1ccccc1F. The van der Waals surface area contributed by atoms with E-state index in [0.29, 0.717) is 22.3 Å². The minimum atomic E-state index is -0.581. The van der Waals surface area contributed by atoms with Crippen LogP contribution in [0.3, 0.4) is 0 Å². The van der Waals surface area contributed by atoms with E-state index in [4.69, 9.17) is 0 Å². The zero-order chi connectivity index (χ0) is 19.6. The third kappa shape index (κ3) is 3.89. The van der Waals surface area contributed by atoms with Gasteiger partial charge in [0.1, 0.15) is 18.2 Å². The first-order valence-corrected chi connectivity index (χ1v) is 8.77. The highest BCUT2D eigenvalue weighted by Crippen LogP contribution is 2.24. The van der Waals surface area contributed by atoms with E-state index in [-0.39, 0.29) is 30.4 Å². The van der Waals surface area contributed by atoms with Gasteiger partial charge in [-0.15, -0.1) is 0 Å². The van der Waals surface area contributed by atoms with Crippen LogP contribution in [0.5, 0.6) is 0 Å². The van der Waals surface area contributed by atoms with Crippen LogP contribution in [0, 0.1) is 12.7 Å². The second kappa shape index (κ2) is 7.31. The number of amides is 1. The maximum atomic E-state index is 14.0. The molecule has 6 heteroatoms. The lowest BCUT2D eigenvalue weighted by molar-refractivity contribution is -0.122. The van der Waals surface area contributed by atoms with Gasteiger partial charge in [0.25, 0.3) is 5.56 Å². The highest BCUT2D eigenvalue weighted by atomic mass is 19.1. The van der Waals surface area contributed by atoms with Crippen LogP contribution in [0.4, 0.5) is 4.39 Å². The number of benzene rings is 2. The summed E-state index contributed by atoms with van der Waals surface area (Å²) in [5, 5.41) is 3.28. The standard InChI is InChI=1S/C21H22FN3O2/c1-14-24-18-11-7-4-8-15(18)20(27)25(14)12-19(26)23-13-21(2,3)16-9-5-6-10-17(16)22/h4-11H,12-13H2,1-3H3,(H,23,26). The maximum absolute atomic E-state index is 14.0. The first kappa shape index (κ1) is 18.8. The van der Waals surface area contributed by atoms with Crippen molar-refractivity contribution < 1.29 is 9.18 Å². The Bertz CT molecular complexity index is 1060. The summed E-state index contributed by atoms with van der Waals surface area (Å²) in [7, 11) is 0. The van der Waals surface area contributed by atoms with Crippen LogP contribution in [-0.2, 0) is 16.8 Å². The zero-order valence-electron chi connectivity index (χ0n) is 15.6. The Morgan fingerprint density at radius 1 is 1.15 bits per heavy atom. The number of carbonyl (C=O) groups excluding carboxylic acids is 1. The second-order valence-corrected chi connectivity index (χ2v) is 7.21. The molecule has 0 aliphatic heterocycles. The van der Waals surface area contributed by atoms with Crippen molar-refractivity contribution in [2.75, 3.05) is 6.54 Å². The molecule has 0 saturated carbocycles. The Hall–Kier alpha value is -3.02. The topological polar surface area (TPSA) is 64.0 Å². The molecule has 3 aromatic rings. The molecular formula is C21H22FN3O2. The summed E-state index contributed by atoms with van der Waals surface area (Å²) in [5.74, 6) is -0.147. The van der Waals surface area contributed by atoms with Gasteiger partial charge in [-0.05, 0) is 30.7 Å². The van der Waals surface area contributed by atoms with Crippen molar-refractivity contribution in [3.8, 4) is 0 Å². The number of para-hydroxylation sites is 1. The summed E-state index contributed by atoms with van der Waals surface area (Å²) in [6.07, 6.45) is 0. The molecule has 140 valence electrons. The van der Waals surface area contributed by atoms with Gasteiger partial charge in [-0.1, -0.05) is 44.2 Å². The van der Waals surface area contributed by atoms with E-state index < -0.39 is 5.41 Å². The number of carbonyl (C=O) groups is 1. The van der Waals surface area contributed by atoms with Gasteiger partial charge in [0, 0.05) is 12.0 Å². The number of halogens is 1. The second-order valence-electron chi connectivity index (χ2n) is 7.21. The number of aromatic nitrogens is 2. The van der Waals surface area contributed by atoms with Crippen molar-refractivity contribution in [1.82, 2.24) is 14.9 Å². The summed E-state index contributed by atoms with van der Waals surface area (Å²) in [5.41, 5.74) is 0.313. The van der Waals surface area contributed by atoms with Crippen LogP contribution in [0.25, 0.3) is 10.9 Å². The predicted octanol–water partition coefficient (Wildman–Crippen LogP) is 2.94. The Labute approximate surface area is 156 Å². The fourth-order valence-electron chi connectivity index (χ4n) is 3.09. The molecule has 0 aliphatic carbocycles. The van der Waals surface area contributed by atoms with Crippen LogP contribution in [-0.4, -0.2) is 22.0 Å². The average Bonchev–Trinajstić information content (AvgIpc) is 2.64. The molecule has 1 aromatic heterocycles. The number of aryl methyl sites for hydroxylation is 1. The third-order valence-electron chi connectivity index (χ3n) is 4.68. The highest BCUT2D eigenvalue weighted by Gasteiger charge is 2.24. The molecular weight excluding hydrogens is 345 g/mol. The van der Waals surface area contributed by atoms with Crippen molar-refractivity contribution in [2.45, 2.75) is 32.7 Å². The fourth-order valence-corrected chi connectivity index (χ4v) is 3.09. The molecule has 27 heavy (non-hydrogen) atoms. The Morgan fingerprint density at radius 3 is 2.56 bits per heavy atom. The van der Waals surface area contributed by atoms with Gasteiger partial charge < -0.3 is 5.32 Å². The first-order valence-electron chi connectivity index (χ1n) is 8.77. The van der Waals surface area contributed by atoms with E-state index >= 15 is 0 Å². The van der Waals surface area contributed by atoms with Crippen molar-refractivity contribution in [3.05, 3.63) is 76.1 Å². The minimum Gasteiger partial charge on any atom is -0.354 e. The minimum absolute atomic E-state index is 0.129. The van der Waals surface area contributed by atoms with E-state index in [1.54, 1.807) is 43.3 Å². The van der Waals surface area contributed by atoms with Crippen molar-refractivity contribution in [2.24, 2.45) is 0 Å². The van der Waals surface area contributed by atoms with Gasteiger partial charge in [-0.25, -0.2) is 9.37 Å². The molecule has 1 heterocycles. The van der Waals surface area contributed by atoms with Gasteiger partial charge in [0.2, 0.25) is 5.91 Å². The average molecular weight is 367 g/mol. The summed E-state index contributed by atoms with van der Waals surface area (Å²) >= 11 is 0. The smallest absolute Gasteiger partial charge is 0.261 e. The Morgan fingerprint density at radius 2 is 1.81 bits per heavy atom. The summed E-state index contributed by atoms with van der Waals surface area (Å²) in [4.78, 5) is 29.5. The summed E-state index contributed by atoms with van der Waals surface area (Å²) in [6.45, 7) is 5.54. The predicted molar refractivity (Wildman–Crippen MR) is 103 cm³/mol. The van der Waals surface area contributed by atoms with Crippen LogP contribution >= 0.6 is 0 Å². The normalized spacial score (nSPS) is 11.6. The molecule has 0 spiro atoms. The Kier molecular flexibility index (Phi) is 5.08. The molecule has 0 bridgehead atoms. The molecule has 3 rings (SSSR count). The molecule has 0 radical (unpaired) electrons. The zero-order valence-corrected chi connectivity index (χ0v) is 15.6. The van der Waals surface area contributed by atoms with Crippen LogP contribution < -0.4 is 10.9 Å². The van der Waals surface area contributed by atoms with Crippen molar-refractivity contribution >= 4 is 16.8 Å². The van der Waals surface area contributed by atoms with E-state index in [1.807, 2.05) is 19.9 Å². The number of hydrogen-bond donors (Lipinski definition) is 1. The van der Waals surface area contributed by atoms with Gasteiger partial charge in [0.05, 0.1) is 10.9 Å². The number of nitrogens with zero attached hydrogens (tertiary/aromatic N) is 2. The lowest BCUT2D eigenvalue weighted by atomic mass is 9.84. The van der Waals surface area contributed by atoms with Crippen LogP contribution in [0.1, 0.15) is 25.2 Å². The molecule has 1 amide bonds. The number of fused-ring (bicyclic) bond motifs is 1. The molecule has 1 N–H and O–H groups in total. The molecule has 0 saturated heterocycles. The summed E-state index contributed by atoms with van der Waals surface area (Å²) in [6, 6.07) is 13.6. The molecule has 2 aromatic carbocycles. The van der Waals surface area contributed by atoms with Crippen LogP contribution in [0.2, 0.25) is 0 Å². The van der Waals surface area contributed by atoms with Gasteiger partial charge in [-0.3, -0.25) is 14.2 Å². The van der Waals surface area contributed by atoms with E-state index in [0.717, 1.165) is 0 Å². The van der Waals surface area contributed by atoms with E-state index in [9.17, 15) is 14.0 Å². The Balaban J connectivity index is 1.76. The molecule has 0 atom stereocenters. The van der Waals surface area contributed by atoms with Crippen LogP contribution in [0.15, 0.2) is 53.3 Å². The molecule has 0 fully saturated rings. The molecule has 0 unspecified atom stereocenters. The fraction of sp³-hybridized carbons (Fsp3) is 0.286. The number of rotatable bonds is 5. The van der Waals surface area contributed by atoms with Gasteiger partial charge in [0.15, 0.2) is 0 Å². The maximum Gasteiger partial charge on any atom is 0.261 e. The number of nitrogens with one attached hydrogen (secondary N) is 1.